The van der Waals surface area contributed by atoms with E-state index in [1.54, 1.807) is 6.92 Å². The minimum Gasteiger partial charge on any atom is -0.466 e. The van der Waals surface area contributed by atoms with Crippen molar-refractivity contribution in [2.45, 2.75) is 19.8 Å². The maximum Gasteiger partial charge on any atom is 0.310 e. The molecule has 110 valence electrons. The van der Waals surface area contributed by atoms with Gasteiger partial charge in [0.25, 0.3) is 0 Å². The topological polar surface area (TPSA) is 119 Å². The number of nitrogens with one attached hydrogen (secondary N) is 1. The second kappa shape index (κ2) is 6.38. The maximum absolute atomic E-state index is 11.8. The normalized spacial score (nSPS) is 18.7. The molecule has 1 aliphatic heterocycles. The van der Waals surface area contributed by atoms with Gasteiger partial charge in [0.2, 0.25) is 0 Å². The monoisotopic (exact) mass is 280 g/mol. The van der Waals surface area contributed by atoms with Gasteiger partial charge in [0.05, 0.1) is 12.5 Å². The molecule has 5 N–H and O–H groups in total. The minimum absolute atomic E-state index is 0.146. The van der Waals surface area contributed by atoms with E-state index in [2.05, 4.69) is 15.4 Å². The Labute approximate surface area is 117 Å². The second-order valence-electron chi connectivity index (χ2n) is 4.64. The number of hydrogen-bond donors (Lipinski definition) is 3. The summed E-state index contributed by atoms with van der Waals surface area (Å²) >= 11 is 0. The highest BCUT2D eigenvalue weighted by Crippen LogP contribution is 2.29. The van der Waals surface area contributed by atoms with Crippen LogP contribution in [0.4, 0.5) is 17.3 Å². The number of hydrazine groups is 1. The van der Waals surface area contributed by atoms with Gasteiger partial charge in [0, 0.05) is 13.1 Å². The molecule has 0 bridgehead atoms. The SMILES string of the molecule is CCOC(=O)C1CCCN(c2ncnc(NN)c2N)C1. The van der Waals surface area contributed by atoms with Gasteiger partial charge in [-0.3, -0.25) is 4.79 Å². The molecule has 1 aromatic rings. The first-order valence-electron chi connectivity index (χ1n) is 6.66. The number of nitrogens with zero attached hydrogens (tertiary/aromatic N) is 3. The van der Waals surface area contributed by atoms with E-state index in [1.807, 2.05) is 4.90 Å². The summed E-state index contributed by atoms with van der Waals surface area (Å²) in [5.41, 5.74) is 8.80. The molecule has 0 radical (unpaired) electrons. The van der Waals surface area contributed by atoms with E-state index < -0.39 is 0 Å². The van der Waals surface area contributed by atoms with Gasteiger partial charge in [-0.1, -0.05) is 0 Å². The third kappa shape index (κ3) is 2.90. The summed E-state index contributed by atoms with van der Waals surface area (Å²) < 4.78 is 5.08. The van der Waals surface area contributed by atoms with Crippen LogP contribution >= 0.6 is 0 Å². The molecular formula is C12H20N6O2. The van der Waals surface area contributed by atoms with E-state index >= 15 is 0 Å². The smallest absolute Gasteiger partial charge is 0.310 e. The number of hydrogen-bond acceptors (Lipinski definition) is 8. The van der Waals surface area contributed by atoms with Crippen LogP contribution in [0.25, 0.3) is 0 Å². The molecule has 0 spiro atoms. The van der Waals surface area contributed by atoms with Gasteiger partial charge >= 0.3 is 5.97 Å². The number of nitrogen functional groups attached to an aromatic ring is 2. The first-order chi connectivity index (χ1) is 9.67. The van der Waals surface area contributed by atoms with Crippen molar-refractivity contribution in [3.05, 3.63) is 6.33 Å². The number of ether oxygens (including phenoxy) is 1. The number of anilines is 3. The van der Waals surface area contributed by atoms with E-state index in [4.69, 9.17) is 16.3 Å². The zero-order chi connectivity index (χ0) is 14.5. The Hall–Kier alpha value is -2.09. The summed E-state index contributed by atoms with van der Waals surface area (Å²) in [6.07, 6.45) is 3.11. The quantitative estimate of drug-likeness (QED) is 0.404. The molecule has 0 amide bonds. The predicted octanol–water partition coefficient (Wildman–Crippen LogP) is 0.124. The predicted molar refractivity (Wildman–Crippen MR) is 75.8 cm³/mol. The van der Waals surface area contributed by atoms with Crippen molar-refractivity contribution in [2.24, 2.45) is 11.8 Å². The molecule has 8 nitrogen and oxygen atoms in total. The van der Waals surface area contributed by atoms with Crippen LogP contribution in [-0.4, -0.2) is 35.6 Å². The molecule has 1 atom stereocenters. The van der Waals surface area contributed by atoms with Crippen molar-refractivity contribution >= 4 is 23.3 Å². The molecule has 2 rings (SSSR count). The molecule has 8 heteroatoms. The fourth-order valence-corrected chi connectivity index (χ4v) is 2.38. The average Bonchev–Trinajstić information content (AvgIpc) is 2.48. The van der Waals surface area contributed by atoms with Gasteiger partial charge in [0.1, 0.15) is 12.0 Å². The average molecular weight is 280 g/mol. The van der Waals surface area contributed by atoms with Crippen LogP contribution in [0.3, 0.4) is 0 Å². The Morgan fingerprint density at radius 1 is 1.60 bits per heavy atom. The molecule has 1 aromatic heterocycles. The Morgan fingerprint density at radius 3 is 3.10 bits per heavy atom. The zero-order valence-electron chi connectivity index (χ0n) is 11.5. The Balaban J connectivity index is 2.15. The lowest BCUT2D eigenvalue weighted by molar-refractivity contribution is -0.148. The van der Waals surface area contributed by atoms with Gasteiger partial charge in [-0.25, -0.2) is 15.8 Å². The van der Waals surface area contributed by atoms with Crippen LogP contribution in [0.15, 0.2) is 6.33 Å². The molecular weight excluding hydrogens is 260 g/mol. The molecule has 2 heterocycles. The number of rotatable bonds is 4. The second-order valence-corrected chi connectivity index (χ2v) is 4.64. The van der Waals surface area contributed by atoms with Crippen molar-refractivity contribution in [3.8, 4) is 0 Å². The summed E-state index contributed by atoms with van der Waals surface area (Å²) in [6.45, 7) is 3.54. The van der Waals surface area contributed by atoms with Crippen molar-refractivity contribution in [1.82, 2.24) is 9.97 Å². The molecule has 0 aliphatic carbocycles. The number of carbonyl (C=O) groups is 1. The van der Waals surface area contributed by atoms with Crippen molar-refractivity contribution < 1.29 is 9.53 Å². The number of piperidine rings is 1. The van der Waals surface area contributed by atoms with Crippen LogP contribution in [0.2, 0.25) is 0 Å². The lowest BCUT2D eigenvalue weighted by atomic mass is 9.98. The molecule has 0 saturated carbocycles. The van der Waals surface area contributed by atoms with Crippen LogP contribution < -0.4 is 21.9 Å². The number of esters is 1. The first-order valence-corrected chi connectivity index (χ1v) is 6.66. The highest BCUT2D eigenvalue weighted by atomic mass is 16.5. The molecule has 1 aliphatic rings. The van der Waals surface area contributed by atoms with Gasteiger partial charge in [-0.15, -0.1) is 0 Å². The fraction of sp³-hybridized carbons (Fsp3) is 0.583. The van der Waals surface area contributed by atoms with Crippen LogP contribution in [0.1, 0.15) is 19.8 Å². The summed E-state index contributed by atoms with van der Waals surface area (Å²) in [7, 11) is 0. The lowest BCUT2D eigenvalue weighted by Crippen LogP contribution is -2.40. The van der Waals surface area contributed by atoms with Crippen LogP contribution in [0.5, 0.6) is 0 Å². The number of carbonyl (C=O) groups excluding carboxylic acids is 1. The summed E-state index contributed by atoms with van der Waals surface area (Å²) in [5, 5.41) is 0. The molecule has 1 saturated heterocycles. The number of nitrogens with two attached hydrogens (primary N) is 2. The Morgan fingerprint density at radius 2 is 2.40 bits per heavy atom. The molecule has 20 heavy (non-hydrogen) atoms. The zero-order valence-corrected chi connectivity index (χ0v) is 11.5. The molecule has 0 aromatic carbocycles. The highest BCUT2D eigenvalue weighted by Gasteiger charge is 2.28. The van der Waals surface area contributed by atoms with Crippen molar-refractivity contribution in [2.75, 3.05) is 35.8 Å². The van der Waals surface area contributed by atoms with Gasteiger partial charge in [0.15, 0.2) is 11.6 Å². The highest BCUT2D eigenvalue weighted by molar-refractivity contribution is 5.77. The van der Waals surface area contributed by atoms with Crippen LogP contribution in [0, 0.1) is 5.92 Å². The molecule has 1 unspecified atom stereocenters. The Kier molecular flexibility index (Phi) is 4.57. The first kappa shape index (κ1) is 14.3. The maximum atomic E-state index is 11.8. The van der Waals surface area contributed by atoms with Gasteiger partial charge in [-0.05, 0) is 19.8 Å². The van der Waals surface area contributed by atoms with E-state index in [0.29, 0.717) is 30.5 Å². The Bertz CT molecular complexity index is 481. The largest absolute Gasteiger partial charge is 0.466 e. The van der Waals surface area contributed by atoms with Gasteiger partial charge in [-0.2, -0.15) is 0 Å². The third-order valence-corrected chi connectivity index (χ3v) is 3.34. The van der Waals surface area contributed by atoms with Crippen molar-refractivity contribution in [3.63, 3.8) is 0 Å². The van der Waals surface area contributed by atoms with E-state index in [0.717, 1.165) is 19.4 Å². The summed E-state index contributed by atoms with van der Waals surface area (Å²) in [4.78, 5) is 22.0. The fourth-order valence-electron chi connectivity index (χ4n) is 2.38. The van der Waals surface area contributed by atoms with Gasteiger partial charge < -0.3 is 20.8 Å². The van der Waals surface area contributed by atoms with Crippen LogP contribution in [-0.2, 0) is 9.53 Å². The lowest BCUT2D eigenvalue weighted by Gasteiger charge is -2.33. The van der Waals surface area contributed by atoms with E-state index in [1.165, 1.54) is 6.33 Å². The van der Waals surface area contributed by atoms with E-state index in [-0.39, 0.29) is 11.9 Å². The third-order valence-electron chi connectivity index (χ3n) is 3.34. The van der Waals surface area contributed by atoms with E-state index in [9.17, 15) is 4.79 Å². The summed E-state index contributed by atoms with van der Waals surface area (Å²) in [6, 6.07) is 0. The molecule has 1 fully saturated rings. The minimum atomic E-state index is -0.165. The number of aromatic nitrogens is 2. The summed E-state index contributed by atoms with van der Waals surface area (Å²) in [5.74, 6) is 6.02. The standard InChI is InChI=1S/C12H20N6O2/c1-2-20-12(19)8-4-3-5-18(6-8)11-9(13)10(17-14)15-7-16-11/h7-8H,2-6,13-14H2,1H3,(H,15,16,17). The van der Waals surface area contributed by atoms with Crippen molar-refractivity contribution in [1.29, 1.82) is 0 Å².